The van der Waals surface area contributed by atoms with Crippen LogP contribution in [0.2, 0.25) is 0 Å². The van der Waals surface area contributed by atoms with Crippen LogP contribution in [0.1, 0.15) is 25.9 Å². The van der Waals surface area contributed by atoms with Crippen LogP contribution < -0.4 is 10.9 Å². The van der Waals surface area contributed by atoms with Gasteiger partial charge >= 0.3 is 0 Å². The van der Waals surface area contributed by atoms with Crippen LogP contribution in [-0.4, -0.2) is 20.1 Å². The van der Waals surface area contributed by atoms with E-state index in [4.69, 9.17) is 0 Å². The van der Waals surface area contributed by atoms with Gasteiger partial charge in [-0.1, -0.05) is 64.8 Å². The summed E-state index contributed by atoms with van der Waals surface area (Å²) in [6.45, 7) is 2.78. The van der Waals surface area contributed by atoms with Crippen LogP contribution >= 0.6 is 22.9 Å². The lowest BCUT2D eigenvalue weighted by molar-refractivity contribution is 0.0950. The summed E-state index contributed by atoms with van der Waals surface area (Å²) in [5, 5.41) is 12.5. The number of benzene rings is 2. The highest BCUT2D eigenvalue weighted by Crippen LogP contribution is 2.18. The molecule has 1 N–H and O–H groups in total. The number of fused-ring (bicyclic) bond motifs is 1. The average Bonchev–Trinajstić information content (AvgIpc) is 3.27. The van der Waals surface area contributed by atoms with Crippen molar-refractivity contribution in [1.82, 2.24) is 19.5 Å². The number of carbonyl (C=O) groups excluding carboxylic acids is 1. The third-order valence-electron chi connectivity index (χ3n) is 4.07. The molecule has 0 aliphatic rings. The maximum atomic E-state index is 12.4. The first-order valence-corrected chi connectivity index (χ1v) is 9.94. The summed E-state index contributed by atoms with van der Waals surface area (Å²) in [7, 11) is 0. The zero-order valence-corrected chi connectivity index (χ0v) is 16.1. The molecule has 0 unspecified atom stereocenters. The van der Waals surface area contributed by atoms with Crippen LogP contribution in [0.4, 0.5) is 0 Å². The van der Waals surface area contributed by atoms with Gasteiger partial charge in [0.15, 0.2) is 0 Å². The van der Waals surface area contributed by atoms with Crippen LogP contribution in [0.25, 0.3) is 10.1 Å². The smallest absolute Gasteiger partial charge is 0.282 e. The monoisotopic (exact) mass is 396 g/mol. The van der Waals surface area contributed by atoms with Crippen LogP contribution in [0.5, 0.6) is 0 Å². The van der Waals surface area contributed by atoms with Crippen molar-refractivity contribution >= 4 is 38.9 Å². The van der Waals surface area contributed by atoms with E-state index in [2.05, 4.69) is 15.5 Å². The molecule has 0 aliphatic carbocycles. The van der Waals surface area contributed by atoms with Gasteiger partial charge in [0.05, 0.1) is 16.6 Å². The van der Waals surface area contributed by atoms with Gasteiger partial charge < -0.3 is 5.32 Å². The summed E-state index contributed by atoms with van der Waals surface area (Å²) in [5.74, 6) is -0.261. The fourth-order valence-electron chi connectivity index (χ4n) is 2.62. The van der Waals surface area contributed by atoms with E-state index in [9.17, 15) is 9.59 Å². The topological polar surface area (TPSA) is 76.9 Å². The van der Waals surface area contributed by atoms with Crippen molar-refractivity contribution in [3.8, 4) is 0 Å². The Hall–Kier alpha value is -2.84. The first-order chi connectivity index (χ1) is 13.1. The number of carbonyl (C=O) groups is 1. The van der Waals surface area contributed by atoms with E-state index < -0.39 is 0 Å². The van der Waals surface area contributed by atoms with Gasteiger partial charge in [0.1, 0.15) is 5.01 Å². The fourth-order valence-corrected chi connectivity index (χ4v) is 4.44. The number of aryl methyl sites for hydroxylation is 1. The Labute approximate surface area is 163 Å². The standard InChI is InChI=1S/C19H16N4O2S2/c1-12-6-8-13(9-7-12)10-20-17(24)18-22-21-16(26-18)11-23-19(25)14-4-2-3-5-15(14)27-23/h2-9H,10-11H2,1H3,(H,20,24). The zero-order chi connectivity index (χ0) is 18.8. The lowest BCUT2D eigenvalue weighted by Crippen LogP contribution is -2.22. The first kappa shape index (κ1) is 17.6. The van der Waals surface area contributed by atoms with Crippen LogP contribution in [0.15, 0.2) is 53.3 Å². The summed E-state index contributed by atoms with van der Waals surface area (Å²) < 4.78 is 2.57. The Kier molecular flexibility index (Phi) is 4.83. The van der Waals surface area contributed by atoms with Crippen molar-refractivity contribution in [2.45, 2.75) is 20.0 Å². The third kappa shape index (κ3) is 3.81. The van der Waals surface area contributed by atoms with Gasteiger partial charge in [-0.3, -0.25) is 13.5 Å². The van der Waals surface area contributed by atoms with E-state index in [1.165, 1.54) is 28.4 Å². The average molecular weight is 396 g/mol. The molecule has 2 heterocycles. The van der Waals surface area contributed by atoms with Crippen molar-refractivity contribution in [2.75, 3.05) is 0 Å². The van der Waals surface area contributed by atoms with Crippen molar-refractivity contribution < 1.29 is 4.79 Å². The van der Waals surface area contributed by atoms with Crippen molar-refractivity contribution in [3.05, 3.63) is 80.0 Å². The van der Waals surface area contributed by atoms with Gasteiger partial charge in [0.2, 0.25) is 5.01 Å². The minimum absolute atomic E-state index is 0.0452. The lowest BCUT2D eigenvalue weighted by atomic mass is 10.1. The molecule has 2 aromatic heterocycles. The second kappa shape index (κ2) is 7.42. The molecule has 0 saturated carbocycles. The van der Waals surface area contributed by atoms with Gasteiger partial charge in [-0.15, -0.1) is 10.2 Å². The number of nitrogens with zero attached hydrogens (tertiary/aromatic N) is 3. The lowest BCUT2D eigenvalue weighted by Gasteiger charge is -2.03. The molecule has 0 radical (unpaired) electrons. The SMILES string of the molecule is Cc1ccc(CNC(=O)c2nnc(Cn3sc4ccccc4c3=O)s2)cc1. The van der Waals surface area contributed by atoms with Crippen LogP contribution in [0, 0.1) is 6.92 Å². The highest BCUT2D eigenvalue weighted by molar-refractivity contribution is 7.14. The van der Waals surface area contributed by atoms with Gasteiger partial charge in [-0.05, 0) is 24.6 Å². The predicted octanol–water partition coefficient (Wildman–Crippen LogP) is 3.20. The molecule has 0 atom stereocenters. The predicted molar refractivity (Wildman–Crippen MR) is 107 cm³/mol. The molecule has 0 aliphatic heterocycles. The second-order valence-electron chi connectivity index (χ2n) is 6.10. The van der Waals surface area contributed by atoms with Gasteiger partial charge in [0.25, 0.3) is 11.5 Å². The van der Waals surface area contributed by atoms with Gasteiger partial charge in [0, 0.05) is 6.54 Å². The second-order valence-corrected chi connectivity index (χ2v) is 8.22. The zero-order valence-electron chi connectivity index (χ0n) is 14.5. The summed E-state index contributed by atoms with van der Waals surface area (Å²) in [6.07, 6.45) is 0. The van der Waals surface area contributed by atoms with E-state index in [-0.39, 0.29) is 11.5 Å². The number of nitrogens with one attached hydrogen (secondary N) is 1. The molecule has 1 amide bonds. The summed E-state index contributed by atoms with van der Waals surface area (Å²) in [4.78, 5) is 24.7. The van der Waals surface area contributed by atoms with E-state index in [0.29, 0.717) is 28.5 Å². The molecule has 0 bridgehead atoms. The molecule has 4 aromatic rings. The van der Waals surface area contributed by atoms with Gasteiger partial charge in [-0.25, -0.2) is 0 Å². The van der Waals surface area contributed by atoms with Crippen molar-refractivity contribution in [2.24, 2.45) is 0 Å². The normalized spacial score (nSPS) is 11.0. The van der Waals surface area contributed by atoms with E-state index >= 15 is 0 Å². The minimum atomic E-state index is -0.261. The fraction of sp³-hybridized carbons (Fsp3) is 0.158. The number of rotatable bonds is 5. The Morgan fingerprint density at radius 3 is 2.67 bits per heavy atom. The Morgan fingerprint density at radius 2 is 1.89 bits per heavy atom. The third-order valence-corrected chi connectivity index (χ3v) is 6.04. The Morgan fingerprint density at radius 1 is 1.11 bits per heavy atom. The number of amides is 1. The number of hydrogen-bond donors (Lipinski definition) is 1. The highest BCUT2D eigenvalue weighted by atomic mass is 32.1. The summed E-state index contributed by atoms with van der Waals surface area (Å²) in [6, 6.07) is 15.5. The summed E-state index contributed by atoms with van der Waals surface area (Å²) >= 11 is 2.59. The van der Waals surface area contributed by atoms with Crippen molar-refractivity contribution in [3.63, 3.8) is 0 Å². The van der Waals surface area contributed by atoms with Gasteiger partial charge in [-0.2, -0.15) is 0 Å². The molecule has 0 saturated heterocycles. The molecule has 136 valence electrons. The Bertz CT molecular complexity index is 1160. The number of aromatic nitrogens is 3. The molecule has 4 rings (SSSR count). The molecule has 8 heteroatoms. The molecular weight excluding hydrogens is 380 g/mol. The summed E-state index contributed by atoms with van der Waals surface area (Å²) in [5.41, 5.74) is 2.15. The molecule has 0 spiro atoms. The minimum Gasteiger partial charge on any atom is -0.346 e. The molecule has 6 nitrogen and oxygen atoms in total. The van der Waals surface area contributed by atoms with Crippen LogP contribution in [0.3, 0.4) is 0 Å². The van der Waals surface area contributed by atoms with E-state index in [0.717, 1.165) is 10.3 Å². The van der Waals surface area contributed by atoms with Crippen molar-refractivity contribution in [1.29, 1.82) is 0 Å². The maximum absolute atomic E-state index is 12.4. The largest absolute Gasteiger partial charge is 0.346 e. The highest BCUT2D eigenvalue weighted by Gasteiger charge is 2.14. The quantitative estimate of drug-likeness (QED) is 0.562. The number of hydrogen-bond acceptors (Lipinski definition) is 6. The maximum Gasteiger partial charge on any atom is 0.282 e. The van der Waals surface area contributed by atoms with E-state index in [1.807, 2.05) is 55.5 Å². The molecular formula is C19H16N4O2S2. The molecule has 27 heavy (non-hydrogen) atoms. The van der Waals surface area contributed by atoms with E-state index in [1.54, 1.807) is 3.96 Å². The first-order valence-electron chi connectivity index (χ1n) is 8.35. The van der Waals surface area contributed by atoms with Crippen LogP contribution in [-0.2, 0) is 13.1 Å². The Balaban J connectivity index is 1.44. The molecule has 2 aromatic carbocycles. The molecule has 0 fully saturated rings.